The van der Waals surface area contributed by atoms with Gasteiger partial charge < -0.3 is 5.11 Å². The maximum Gasteiger partial charge on any atom is 0.219 e. The smallest absolute Gasteiger partial charge is 0.219 e. The monoisotopic (exact) mass is 249 g/mol. The van der Waals surface area contributed by atoms with E-state index in [1.165, 1.54) is 4.31 Å². The summed E-state index contributed by atoms with van der Waals surface area (Å²) in [7, 11) is -1.69. The lowest BCUT2D eigenvalue weighted by atomic mass is 9.80. The van der Waals surface area contributed by atoms with Crippen LogP contribution in [0.1, 0.15) is 27.7 Å². The summed E-state index contributed by atoms with van der Waals surface area (Å²) in [6.07, 6.45) is 0. The Morgan fingerprint density at radius 2 is 1.69 bits per heavy atom. The first kappa shape index (κ1) is 13.9. The average molecular weight is 249 g/mol. The van der Waals surface area contributed by atoms with Crippen LogP contribution in [0.3, 0.4) is 0 Å². The molecule has 3 atom stereocenters. The molecule has 5 heteroatoms. The Labute approximate surface area is 98.7 Å². The molecule has 0 radical (unpaired) electrons. The number of rotatable bonds is 3. The van der Waals surface area contributed by atoms with E-state index in [4.69, 9.17) is 0 Å². The lowest BCUT2D eigenvalue weighted by Gasteiger charge is -2.29. The van der Waals surface area contributed by atoms with Gasteiger partial charge in [0.2, 0.25) is 10.0 Å². The molecular formula is C11H23NO3S. The van der Waals surface area contributed by atoms with Gasteiger partial charge in [-0.05, 0) is 17.8 Å². The van der Waals surface area contributed by atoms with Gasteiger partial charge in [-0.3, -0.25) is 0 Å². The van der Waals surface area contributed by atoms with Crippen LogP contribution >= 0.6 is 0 Å². The molecule has 0 spiro atoms. The summed E-state index contributed by atoms with van der Waals surface area (Å²) in [5.41, 5.74) is 0. The van der Waals surface area contributed by atoms with Gasteiger partial charge in [-0.25, -0.2) is 12.7 Å². The highest BCUT2D eigenvalue weighted by atomic mass is 32.2. The molecule has 4 nitrogen and oxygen atoms in total. The number of nitrogens with zero attached hydrogens (tertiary/aromatic N) is 1. The molecule has 0 aromatic rings. The lowest BCUT2D eigenvalue weighted by molar-refractivity contribution is 0.170. The Morgan fingerprint density at radius 1 is 1.19 bits per heavy atom. The van der Waals surface area contributed by atoms with Gasteiger partial charge in [-0.1, -0.05) is 27.7 Å². The van der Waals surface area contributed by atoms with Gasteiger partial charge in [0, 0.05) is 13.1 Å². The van der Waals surface area contributed by atoms with Crippen LogP contribution in [0.2, 0.25) is 0 Å². The van der Waals surface area contributed by atoms with Gasteiger partial charge in [0.25, 0.3) is 0 Å². The first-order chi connectivity index (χ1) is 7.25. The van der Waals surface area contributed by atoms with E-state index < -0.39 is 15.3 Å². The Bertz CT molecular complexity index is 337. The molecule has 96 valence electrons. The fourth-order valence-electron chi connectivity index (χ4n) is 2.95. The van der Waals surface area contributed by atoms with E-state index in [1.54, 1.807) is 7.05 Å². The molecule has 0 aliphatic carbocycles. The SMILES string of the molecule is CC(C)[C@H]1[C@@H](C(C)C)N(C)S(=O)(=O)[C@@H]1CO. The lowest BCUT2D eigenvalue weighted by Crippen LogP contribution is -2.37. The van der Waals surface area contributed by atoms with Crippen molar-refractivity contribution in [2.75, 3.05) is 13.7 Å². The summed E-state index contributed by atoms with van der Waals surface area (Å²) >= 11 is 0. The van der Waals surface area contributed by atoms with Crippen molar-refractivity contribution in [1.29, 1.82) is 0 Å². The molecule has 0 bridgehead atoms. The van der Waals surface area contributed by atoms with Gasteiger partial charge in [-0.15, -0.1) is 0 Å². The van der Waals surface area contributed by atoms with E-state index in [-0.39, 0.29) is 30.4 Å². The predicted molar refractivity (Wildman–Crippen MR) is 64.5 cm³/mol. The number of aliphatic hydroxyl groups excluding tert-OH is 1. The quantitative estimate of drug-likeness (QED) is 0.809. The first-order valence-corrected chi connectivity index (χ1v) is 7.33. The highest BCUT2D eigenvalue weighted by Gasteiger charge is 2.52. The van der Waals surface area contributed by atoms with Crippen molar-refractivity contribution in [2.24, 2.45) is 17.8 Å². The third kappa shape index (κ3) is 2.00. The summed E-state index contributed by atoms with van der Waals surface area (Å²) < 4.78 is 25.7. The predicted octanol–water partition coefficient (Wildman–Crippen LogP) is 0.919. The van der Waals surface area contributed by atoms with E-state index in [9.17, 15) is 13.5 Å². The Balaban J connectivity index is 3.21. The van der Waals surface area contributed by atoms with Crippen LogP contribution in [0.4, 0.5) is 0 Å². The highest BCUT2D eigenvalue weighted by Crippen LogP contribution is 2.39. The van der Waals surface area contributed by atoms with E-state index in [1.807, 2.05) is 27.7 Å². The maximum atomic E-state index is 12.1. The van der Waals surface area contributed by atoms with Crippen LogP contribution < -0.4 is 0 Å². The maximum absolute atomic E-state index is 12.1. The van der Waals surface area contributed by atoms with Gasteiger partial charge in [0.15, 0.2) is 0 Å². The zero-order chi connectivity index (χ0) is 12.7. The van der Waals surface area contributed by atoms with Crippen LogP contribution in [0.5, 0.6) is 0 Å². The average Bonchev–Trinajstić information content (AvgIpc) is 2.35. The topological polar surface area (TPSA) is 57.6 Å². The third-order valence-electron chi connectivity index (χ3n) is 3.66. The third-order valence-corrected chi connectivity index (χ3v) is 5.94. The minimum Gasteiger partial charge on any atom is -0.395 e. The summed E-state index contributed by atoms with van der Waals surface area (Å²) in [4.78, 5) is 0. The number of hydrogen-bond donors (Lipinski definition) is 1. The number of sulfonamides is 1. The standard InChI is InChI=1S/C11H23NO3S/c1-7(2)10-9(6-13)16(14,15)12(5)11(10)8(3)4/h7-11,13H,6H2,1-5H3/t9-,10-,11-/m1/s1. The van der Waals surface area contributed by atoms with Gasteiger partial charge in [0.05, 0.1) is 6.61 Å². The van der Waals surface area contributed by atoms with E-state index >= 15 is 0 Å². The molecule has 16 heavy (non-hydrogen) atoms. The Kier molecular flexibility index (Phi) is 4.03. The minimum atomic E-state index is -3.32. The fourth-order valence-corrected chi connectivity index (χ4v) is 5.16. The van der Waals surface area contributed by atoms with E-state index in [2.05, 4.69) is 0 Å². The second-order valence-corrected chi connectivity index (χ2v) is 7.55. The molecule has 0 aromatic heterocycles. The Morgan fingerprint density at radius 3 is 2.00 bits per heavy atom. The second-order valence-electron chi connectivity index (χ2n) is 5.34. The van der Waals surface area contributed by atoms with Crippen molar-refractivity contribution >= 4 is 10.0 Å². The van der Waals surface area contributed by atoms with Gasteiger partial charge in [-0.2, -0.15) is 0 Å². The van der Waals surface area contributed by atoms with Crippen molar-refractivity contribution in [3.8, 4) is 0 Å². The molecule has 1 heterocycles. The van der Waals surface area contributed by atoms with E-state index in [0.29, 0.717) is 0 Å². The van der Waals surface area contributed by atoms with Crippen LogP contribution in [0, 0.1) is 17.8 Å². The largest absolute Gasteiger partial charge is 0.395 e. The molecule has 1 N–H and O–H groups in total. The molecule has 0 aromatic carbocycles. The first-order valence-electron chi connectivity index (χ1n) is 5.82. The molecule has 1 aliphatic rings. The fraction of sp³-hybridized carbons (Fsp3) is 1.00. The van der Waals surface area contributed by atoms with Crippen molar-refractivity contribution in [1.82, 2.24) is 4.31 Å². The highest BCUT2D eigenvalue weighted by molar-refractivity contribution is 7.90. The van der Waals surface area contributed by atoms with E-state index in [0.717, 1.165) is 0 Å². The number of aliphatic hydroxyl groups is 1. The molecular weight excluding hydrogens is 226 g/mol. The minimum absolute atomic E-state index is 0.00199. The molecule has 0 saturated carbocycles. The molecule has 0 unspecified atom stereocenters. The van der Waals surface area contributed by atoms with Crippen LogP contribution in [-0.2, 0) is 10.0 Å². The van der Waals surface area contributed by atoms with Gasteiger partial charge in [0.1, 0.15) is 5.25 Å². The number of hydrogen-bond acceptors (Lipinski definition) is 3. The zero-order valence-corrected chi connectivity index (χ0v) is 11.5. The van der Waals surface area contributed by atoms with Crippen LogP contribution in [-0.4, -0.2) is 42.8 Å². The van der Waals surface area contributed by atoms with Crippen LogP contribution in [0.25, 0.3) is 0 Å². The van der Waals surface area contributed by atoms with Crippen molar-refractivity contribution < 1.29 is 13.5 Å². The summed E-state index contributed by atoms with van der Waals surface area (Å²) in [6, 6.07) is 0.00199. The Hall–Kier alpha value is -0.130. The molecule has 1 saturated heterocycles. The normalized spacial score (nSPS) is 35.1. The molecule has 1 fully saturated rings. The summed E-state index contributed by atoms with van der Waals surface area (Å²) in [5, 5.41) is 8.70. The van der Waals surface area contributed by atoms with Crippen molar-refractivity contribution in [3.05, 3.63) is 0 Å². The molecule has 1 rings (SSSR count). The molecule has 1 aliphatic heterocycles. The molecule has 0 amide bonds. The second kappa shape index (κ2) is 4.63. The summed E-state index contributed by atoms with van der Waals surface area (Å²) in [6.45, 7) is 7.84. The van der Waals surface area contributed by atoms with Gasteiger partial charge >= 0.3 is 0 Å². The summed E-state index contributed by atoms with van der Waals surface area (Å²) in [5.74, 6) is 0.535. The van der Waals surface area contributed by atoms with Crippen molar-refractivity contribution in [2.45, 2.75) is 39.0 Å². The zero-order valence-electron chi connectivity index (χ0n) is 10.7. The van der Waals surface area contributed by atoms with Crippen molar-refractivity contribution in [3.63, 3.8) is 0 Å². The van der Waals surface area contributed by atoms with Crippen LogP contribution in [0.15, 0.2) is 0 Å².